The molecule has 0 aliphatic carbocycles. The Balaban J connectivity index is 4.25. The fourth-order valence-corrected chi connectivity index (χ4v) is 7.47. The summed E-state index contributed by atoms with van der Waals surface area (Å²) >= 11 is 0. The first-order chi connectivity index (χ1) is 24.9. The van der Waals surface area contributed by atoms with Gasteiger partial charge >= 0.3 is 13.8 Å². The van der Waals surface area contributed by atoms with Gasteiger partial charge in [0.05, 0.1) is 34.4 Å². The minimum atomic E-state index is -4.66. The number of quaternary nitrogens is 1. The zero-order valence-corrected chi connectivity index (χ0v) is 35.6. The molecule has 310 valence electrons. The van der Waals surface area contributed by atoms with Gasteiger partial charge in [0, 0.05) is 12.8 Å². The van der Waals surface area contributed by atoms with Crippen molar-refractivity contribution in [3.05, 3.63) is 0 Å². The Morgan fingerprint density at radius 1 is 0.577 bits per heavy atom. The van der Waals surface area contributed by atoms with Crippen LogP contribution in [0.4, 0.5) is 0 Å². The van der Waals surface area contributed by atoms with Crippen molar-refractivity contribution in [2.45, 2.75) is 219 Å². The van der Waals surface area contributed by atoms with E-state index in [4.69, 9.17) is 13.8 Å². The number of aliphatic hydroxyl groups excluding tert-OH is 1. The zero-order chi connectivity index (χ0) is 38.8. The Hall–Kier alpha value is -0.830. The van der Waals surface area contributed by atoms with Gasteiger partial charge in [0.1, 0.15) is 12.6 Å². The number of Topliss-reactive ketones (excluding diaryl/α,β-unsaturated/α-hetero) is 1. The minimum absolute atomic E-state index is 0.211. The van der Waals surface area contributed by atoms with Crippen LogP contribution >= 0.6 is 7.82 Å². The number of ether oxygens (including phenoxy) is 1. The molecule has 0 bridgehead atoms. The van der Waals surface area contributed by atoms with Gasteiger partial charge in [0.25, 0.3) is 0 Å². The number of likely N-dealkylation sites (N-methyl/N-ethyl adjacent to an activating group) is 1. The summed E-state index contributed by atoms with van der Waals surface area (Å²) in [6.45, 7) is 3.66. The molecule has 9 nitrogen and oxygen atoms in total. The molecule has 0 aliphatic rings. The highest BCUT2D eigenvalue weighted by Crippen LogP contribution is 2.45. The van der Waals surface area contributed by atoms with Crippen LogP contribution in [0.5, 0.6) is 0 Å². The van der Waals surface area contributed by atoms with E-state index in [9.17, 15) is 24.2 Å². The van der Waals surface area contributed by atoms with Crippen molar-refractivity contribution in [1.29, 1.82) is 0 Å². The van der Waals surface area contributed by atoms with Crippen molar-refractivity contribution < 1.29 is 42.4 Å². The first kappa shape index (κ1) is 51.2. The minimum Gasteiger partial charge on any atom is -0.457 e. The smallest absolute Gasteiger partial charge is 0.457 e. The van der Waals surface area contributed by atoms with Crippen molar-refractivity contribution >= 4 is 19.6 Å². The van der Waals surface area contributed by atoms with Crippen LogP contribution in [0.3, 0.4) is 0 Å². The van der Waals surface area contributed by atoms with Crippen LogP contribution < -0.4 is 0 Å². The molecule has 52 heavy (non-hydrogen) atoms. The Kier molecular flexibility index (Phi) is 34.1. The topological polar surface area (TPSA) is 119 Å². The van der Waals surface area contributed by atoms with E-state index in [2.05, 4.69) is 13.8 Å². The van der Waals surface area contributed by atoms with Gasteiger partial charge in [0.2, 0.25) is 0 Å². The SMILES string of the molecule is CCCCCCCCCCCCCCCCCC(=O)O[C@H](CO)COP(=O)(O)OC(C[N+](C)(C)C)C(=O)CCCCCCCCCCCCCCC. The van der Waals surface area contributed by atoms with Crippen LogP contribution in [0.15, 0.2) is 0 Å². The number of nitrogens with zero attached hydrogens (tertiary/aromatic N) is 1. The maximum atomic E-state index is 13.1. The third-order valence-electron chi connectivity index (χ3n) is 9.77. The molecule has 2 unspecified atom stereocenters. The summed E-state index contributed by atoms with van der Waals surface area (Å²) in [5.74, 6) is -0.690. The molecule has 10 heteroatoms. The highest BCUT2D eigenvalue weighted by atomic mass is 31.2. The van der Waals surface area contributed by atoms with Crippen molar-refractivity contribution in [1.82, 2.24) is 0 Å². The fraction of sp³-hybridized carbons (Fsp3) is 0.952. The summed E-state index contributed by atoms with van der Waals surface area (Å²) < 4.78 is 29.1. The molecule has 0 heterocycles. The zero-order valence-electron chi connectivity index (χ0n) is 34.7. The average molecular weight is 763 g/mol. The number of aliphatic hydroxyl groups is 1. The van der Waals surface area contributed by atoms with Crippen LogP contribution in [-0.2, 0) is 27.9 Å². The highest BCUT2D eigenvalue weighted by molar-refractivity contribution is 7.47. The Bertz CT molecular complexity index is 881. The average Bonchev–Trinajstić information content (AvgIpc) is 3.09. The number of hydrogen-bond acceptors (Lipinski definition) is 7. The summed E-state index contributed by atoms with van der Waals surface area (Å²) in [5.41, 5.74) is 0. The summed E-state index contributed by atoms with van der Waals surface area (Å²) in [6, 6.07) is 0. The Morgan fingerprint density at radius 3 is 1.27 bits per heavy atom. The maximum absolute atomic E-state index is 13.1. The molecule has 0 saturated heterocycles. The second kappa shape index (κ2) is 34.6. The van der Waals surface area contributed by atoms with Gasteiger partial charge in [0.15, 0.2) is 11.9 Å². The number of carbonyl (C=O) groups is 2. The van der Waals surface area contributed by atoms with E-state index in [1.165, 1.54) is 141 Å². The molecule has 3 atom stereocenters. The number of esters is 1. The largest absolute Gasteiger partial charge is 0.473 e. The standard InChI is InChI=1S/C42H84NO8P/c1-6-8-10-12-14-16-18-20-21-23-25-27-29-31-33-35-42(46)50-39(37-44)38-49-52(47,48)51-41(36-43(3,4)5)40(45)34-32-30-28-26-24-22-19-17-15-13-11-9-7-2/h39,41,44H,6-38H2,1-5H3/p+1/t39-,41?/m1/s1. The fourth-order valence-electron chi connectivity index (χ4n) is 6.55. The molecule has 0 spiro atoms. The summed E-state index contributed by atoms with van der Waals surface area (Å²) in [7, 11) is 1.00. The second-order valence-electron chi connectivity index (χ2n) is 16.3. The second-order valence-corrected chi connectivity index (χ2v) is 17.7. The molecule has 0 rings (SSSR count). The normalized spacial score (nSPS) is 14.3. The van der Waals surface area contributed by atoms with E-state index in [0.717, 1.165) is 25.7 Å². The molecular weight excluding hydrogens is 677 g/mol. The first-order valence-corrected chi connectivity index (χ1v) is 23.2. The van der Waals surface area contributed by atoms with Crippen molar-refractivity contribution in [2.24, 2.45) is 0 Å². The van der Waals surface area contributed by atoms with E-state index >= 15 is 0 Å². The number of unbranched alkanes of at least 4 members (excludes halogenated alkanes) is 26. The van der Waals surface area contributed by atoms with Crippen molar-refractivity contribution in [3.8, 4) is 0 Å². The molecule has 0 aromatic heterocycles. The monoisotopic (exact) mass is 763 g/mol. The molecule has 0 aromatic carbocycles. The molecule has 0 aliphatic heterocycles. The van der Waals surface area contributed by atoms with Crippen LogP contribution in [-0.4, -0.2) is 79.3 Å². The van der Waals surface area contributed by atoms with E-state index < -0.39 is 39.2 Å². The third-order valence-corrected chi connectivity index (χ3v) is 10.8. The van der Waals surface area contributed by atoms with Crippen LogP contribution in [0.1, 0.15) is 206 Å². The van der Waals surface area contributed by atoms with Crippen LogP contribution in [0.2, 0.25) is 0 Å². The summed E-state index contributed by atoms with van der Waals surface area (Å²) in [4.78, 5) is 35.9. The maximum Gasteiger partial charge on any atom is 0.473 e. The Labute approximate surface area is 320 Å². The van der Waals surface area contributed by atoms with Gasteiger partial charge in [-0.05, 0) is 12.8 Å². The van der Waals surface area contributed by atoms with Gasteiger partial charge in [-0.3, -0.25) is 18.6 Å². The summed E-state index contributed by atoms with van der Waals surface area (Å²) in [5, 5.41) is 9.72. The number of rotatable bonds is 40. The lowest BCUT2D eigenvalue weighted by atomic mass is 10.0. The summed E-state index contributed by atoms with van der Waals surface area (Å²) in [6.07, 6.45) is 32.6. The number of ketones is 1. The predicted octanol–water partition coefficient (Wildman–Crippen LogP) is 11.4. The van der Waals surface area contributed by atoms with E-state index in [0.29, 0.717) is 17.3 Å². The van der Waals surface area contributed by atoms with Gasteiger partial charge in [-0.2, -0.15) is 0 Å². The molecule has 0 amide bonds. The molecular formula is C42H85NO8P+. The number of hydrogen-bond donors (Lipinski definition) is 2. The molecule has 0 aromatic rings. The van der Waals surface area contributed by atoms with Gasteiger partial charge < -0.3 is 19.2 Å². The number of phosphoric acid groups is 1. The van der Waals surface area contributed by atoms with Gasteiger partial charge in [-0.1, -0.05) is 181 Å². The van der Waals surface area contributed by atoms with Gasteiger partial charge in [-0.25, -0.2) is 4.57 Å². The number of phosphoric ester groups is 1. The van der Waals surface area contributed by atoms with E-state index in [-0.39, 0.29) is 25.2 Å². The van der Waals surface area contributed by atoms with Gasteiger partial charge in [-0.15, -0.1) is 0 Å². The lowest BCUT2D eigenvalue weighted by Crippen LogP contribution is -2.45. The Morgan fingerprint density at radius 2 is 0.923 bits per heavy atom. The van der Waals surface area contributed by atoms with E-state index in [1.54, 1.807) is 0 Å². The highest BCUT2D eigenvalue weighted by Gasteiger charge is 2.35. The number of carbonyl (C=O) groups excluding carboxylic acids is 2. The first-order valence-electron chi connectivity index (χ1n) is 21.7. The van der Waals surface area contributed by atoms with Crippen LogP contribution in [0.25, 0.3) is 0 Å². The lowest BCUT2D eigenvalue weighted by Gasteiger charge is -2.29. The lowest BCUT2D eigenvalue weighted by molar-refractivity contribution is -0.872. The molecule has 0 saturated carbocycles. The van der Waals surface area contributed by atoms with E-state index in [1.807, 2.05) is 21.1 Å². The van der Waals surface area contributed by atoms with Crippen LogP contribution in [0, 0.1) is 0 Å². The molecule has 0 radical (unpaired) electrons. The van der Waals surface area contributed by atoms with Crippen molar-refractivity contribution in [3.63, 3.8) is 0 Å². The predicted molar refractivity (Wildman–Crippen MR) is 215 cm³/mol. The van der Waals surface area contributed by atoms with Crippen molar-refractivity contribution in [2.75, 3.05) is 40.9 Å². The molecule has 2 N–H and O–H groups in total. The quantitative estimate of drug-likeness (QED) is 0.0274. The molecule has 0 fully saturated rings. The third kappa shape index (κ3) is 34.9.